The predicted molar refractivity (Wildman–Crippen MR) is 547 cm³/mol. The SMILES string of the molecule is CC(C)C[C@H](C(=O)O)[C@H](Cc1ccc(-c2ccc(CO)cc2)cn1)c1nn[nH]n1.CC(C)C[C@H](C(=O)O)[C@H](Cc1ccc(-c2ccc(N)nc2)cn1)c1nn[nH]n1.CC(C)C[C@H](C(=O)O)[C@H](Cc1ccc(-c2ccc([C@@H]3OC(=O)N[C@@H]3C)cc2)cn1)c1nn[nH]n1.CC(C)C[C@H](C(=O)O)[C@H](Cc1ccc(C2=CCNCC2)cn1)c1nn[nH]n1.CCC[C@H](C(C)=O)[C@H](Cc1ccc(-c2ccc3c(c2)OCC(=O)N3)cn1)c1nn[nH]n1. The van der Waals surface area contributed by atoms with Gasteiger partial charge in [-0.25, -0.2) is 9.78 Å². The highest BCUT2D eigenvalue weighted by Crippen LogP contribution is 2.40. The molecule has 149 heavy (non-hydrogen) atoms. The van der Waals surface area contributed by atoms with Crippen molar-refractivity contribution in [3.63, 3.8) is 0 Å². The lowest BCUT2D eigenvalue weighted by atomic mass is 9.82. The number of H-pyrrole nitrogens is 5. The normalized spacial score (nSPS) is 15.7. The maximum absolute atomic E-state index is 12.3. The van der Waals surface area contributed by atoms with Crippen LogP contribution in [0.3, 0.4) is 0 Å². The molecule has 14 heterocycles. The first-order valence-electron chi connectivity index (χ1n) is 49.6. The van der Waals surface area contributed by atoms with E-state index in [4.69, 9.17) is 20.3 Å². The van der Waals surface area contributed by atoms with Gasteiger partial charge in [-0.3, -0.25) is 53.7 Å². The average molecular weight is 2030 g/mol. The van der Waals surface area contributed by atoms with Gasteiger partial charge < -0.3 is 56.7 Å². The van der Waals surface area contributed by atoms with E-state index in [1.807, 2.05) is 196 Å². The van der Waals surface area contributed by atoms with Crippen LogP contribution in [0.25, 0.3) is 50.1 Å². The molecule has 11 aromatic heterocycles. The number of carboxylic acid groups (broad SMARTS) is 4. The fourth-order valence-electron chi connectivity index (χ4n) is 18.5. The number of cyclic esters (lactones) is 1. The lowest BCUT2D eigenvalue weighted by Crippen LogP contribution is -2.26. The van der Waals surface area contributed by atoms with Gasteiger partial charge in [-0.15, -0.1) is 51.0 Å². The van der Waals surface area contributed by atoms with Crippen molar-refractivity contribution in [2.24, 2.45) is 53.3 Å². The van der Waals surface area contributed by atoms with Gasteiger partial charge >= 0.3 is 30.0 Å². The van der Waals surface area contributed by atoms with E-state index in [2.05, 4.69) is 168 Å². The van der Waals surface area contributed by atoms with E-state index in [-0.39, 0.29) is 78.5 Å². The topological polar surface area (TPSA) is 651 Å². The molecule has 780 valence electrons. The van der Waals surface area contributed by atoms with E-state index in [1.165, 1.54) is 5.57 Å². The van der Waals surface area contributed by atoms with Crippen LogP contribution in [-0.4, -0.2) is 226 Å². The van der Waals surface area contributed by atoms with E-state index >= 15 is 0 Å². The van der Waals surface area contributed by atoms with Crippen molar-refractivity contribution in [1.29, 1.82) is 0 Å². The molecule has 1 saturated heterocycles. The maximum atomic E-state index is 12.3. The Kier molecular flexibility index (Phi) is 39.4. The summed E-state index contributed by atoms with van der Waals surface area (Å²) in [6.07, 6.45) is 19.1. The number of pyridine rings is 6. The number of rotatable bonds is 42. The number of aromatic amines is 5. The van der Waals surface area contributed by atoms with Gasteiger partial charge in [0, 0.05) is 168 Å². The number of carbonyl (C=O) groups is 7. The first kappa shape index (κ1) is 110. The Hall–Kier alpha value is -16.5. The zero-order valence-electron chi connectivity index (χ0n) is 84.8. The standard InChI is InChI=1S/C24H28N6O4.C22H24N6O3.C21H25N5O3.C19H23N7O2.C19H26N6O2/c1-13(2)10-20(23(31)32)19(22-27-29-30-28-22)11-18-9-8-17(12-25-18)15-4-6-16(7-5-15)21-14(3)26-24(33)34-21;1-3-4-17(13(2)29)18(22-25-27-28-26-22)10-16-7-5-15(11-23-16)14-6-8-19-20(9-14)31-12-21(30)24-19;1-13(2)9-19(21(28)29)18(20-23-25-26-24-20)10-17-8-7-16(11-22-17)15-5-3-14(12-27)4-6-15;1-11(2)7-16(19(27)28)15(18-23-25-26-24-18)8-14-5-3-12(9-21-14)13-4-6-17(20)22-10-13;1-12(2)9-17(19(26)27)16(18-22-24-25-23-18)10-15-4-3-14(11-21-15)13-5-7-20-8-6-13/h4-9,12-14,19-21H,10-11H2,1-3H3,(H,26,33)(H,31,32)(H,27,28,29,30);5-9,11,17-18H,3-4,10,12H2,1-2H3,(H,24,30)(H,25,26,27,28);3-8,11,13,18-19,27H,9-10,12H2,1-2H3,(H,28,29)(H,23,24,25,26);3-6,9-11,15-16H,7-8H2,1-2H3,(H2,20,22)(H,27,28)(H,23,24,25,26);3-5,11-12,16-17,20H,6-10H2,1-2H3,(H,26,27)(H,22,23,24,25)/t14-,19+,20+,21-;17-,18+;18-,19-;15-,16-;16-,17-/m11000/s1. The van der Waals surface area contributed by atoms with Crippen LogP contribution in [0.4, 0.5) is 16.3 Å². The number of hydrogen-bond acceptors (Lipinski definition) is 33. The summed E-state index contributed by atoms with van der Waals surface area (Å²) < 4.78 is 10.8. The summed E-state index contributed by atoms with van der Waals surface area (Å²) in [7, 11) is 0. The summed E-state index contributed by atoms with van der Waals surface area (Å²) in [6.45, 7) is 23.5. The van der Waals surface area contributed by atoms with Gasteiger partial charge in [-0.2, -0.15) is 26.1 Å². The number of carboxylic acids is 4. The summed E-state index contributed by atoms with van der Waals surface area (Å²) >= 11 is 0. The van der Waals surface area contributed by atoms with E-state index in [9.17, 15) is 54.0 Å². The quantitative estimate of drug-likeness (QED) is 0.0169. The van der Waals surface area contributed by atoms with E-state index in [0.29, 0.717) is 104 Å². The monoisotopic (exact) mass is 2030 g/mol. The number of aliphatic hydroxyl groups is 1. The minimum absolute atomic E-state index is 0.00998. The summed E-state index contributed by atoms with van der Waals surface area (Å²) in [5, 5.41) is 128. The third-order valence-electron chi connectivity index (χ3n) is 26.0. The van der Waals surface area contributed by atoms with Gasteiger partial charge in [0.25, 0.3) is 5.91 Å². The number of nitrogen functional groups attached to an aromatic ring is 1. The number of carbonyl (C=O) groups excluding carboxylic acids is 3. The minimum atomic E-state index is -0.877. The molecule has 0 aliphatic carbocycles. The number of Topliss-reactive ketones (excluding diaryl/α,β-unsaturated/α-hetero) is 1. The Bertz CT molecular complexity index is 6600. The molecule has 14 aromatic rings. The third-order valence-corrected chi connectivity index (χ3v) is 26.0. The number of fused-ring (bicyclic) bond motifs is 1. The number of aromatic nitrogens is 26. The number of nitrogens with one attached hydrogen (secondary N) is 8. The van der Waals surface area contributed by atoms with E-state index in [1.54, 1.807) is 44.0 Å². The summed E-state index contributed by atoms with van der Waals surface area (Å²) in [4.78, 5) is 110. The molecule has 12 atom stereocenters. The fraction of sp³-hybridized carbons (Fsp3) is 0.410. The number of hydrogen-bond donors (Lipinski definition) is 14. The number of nitrogens with two attached hydrogens (primary N) is 1. The van der Waals surface area contributed by atoms with E-state index < -0.39 is 71.4 Å². The molecule has 2 amide bonds. The second-order valence-corrected chi connectivity index (χ2v) is 38.8. The molecular weight excluding hydrogens is 1910 g/mol. The molecule has 44 nitrogen and oxygen atoms in total. The highest BCUT2D eigenvalue weighted by Gasteiger charge is 2.40. The molecule has 1 fully saturated rings. The fourth-order valence-corrected chi connectivity index (χ4v) is 18.5. The Morgan fingerprint density at radius 2 is 0.772 bits per heavy atom. The molecule has 0 spiro atoms. The maximum Gasteiger partial charge on any atom is 0.408 e. The van der Waals surface area contributed by atoms with Gasteiger partial charge in [0.2, 0.25) is 0 Å². The molecule has 0 bridgehead atoms. The molecule has 3 aliphatic rings. The van der Waals surface area contributed by atoms with Crippen molar-refractivity contribution in [3.05, 3.63) is 257 Å². The summed E-state index contributed by atoms with van der Waals surface area (Å²) in [5.74, 6) is -3.86. The number of amides is 2. The smallest absolute Gasteiger partial charge is 0.408 e. The summed E-state index contributed by atoms with van der Waals surface area (Å²) in [5.41, 5.74) is 22.0. The Labute approximate surface area is 859 Å². The Balaban J connectivity index is 0.000000156. The van der Waals surface area contributed by atoms with Crippen LogP contribution in [0, 0.1) is 53.3 Å². The minimum Gasteiger partial charge on any atom is -0.482 e. The Morgan fingerprint density at radius 3 is 1.07 bits per heavy atom. The van der Waals surface area contributed by atoms with Crippen LogP contribution < -0.4 is 26.4 Å². The summed E-state index contributed by atoms with van der Waals surface area (Å²) in [6, 6.07) is 44.1. The largest absolute Gasteiger partial charge is 0.482 e. The first-order valence-corrected chi connectivity index (χ1v) is 49.6. The number of nitrogens with zero attached hydrogens (tertiary/aromatic N) is 21. The van der Waals surface area contributed by atoms with Crippen molar-refractivity contribution < 1.29 is 68.6 Å². The molecule has 44 heteroatoms. The molecule has 0 saturated carbocycles. The van der Waals surface area contributed by atoms with Gasteiger partial charge in [0.1, 0.15) is 23.5 Å². The number of benzene rings is 3. The molecule has 0 radical (unpaired) electrons. The number of alkyl carbamates (subject to hydrolysis) is 1. The number of ketones is 1. The Morgan fingerprint density at radius 1 is 0.430 bits per heavy atom. The predicted octanol–water partition coefficient (Wildman–Crippen LogP) is 13.6. The van der Waals surface area contributed by atoms with Crippen molar-refractivity contribution in [2.75, 3.05) is 30.7 Å². The van der Waals surface area contributed by atoms with Crippen molar-refractivity contribution in [1.82, 2.24) is 144 Å². The van der Waals surface area contributed by atoms with Crippen LogP contribution in [-0.2, 0) is 72.2 Å². The molecule has 3 aliphatic heterocycles. The number of aliphatic carboxylic acids is 4. The number of anilines is 2. The highest BCUT2D eigenvalue weighted by atomic mass is 16.6. The average Bonchev–Trinajstić information content (AvgIpc) is 1.18. The van der Waals surface area contributed by atoms with Crippen LogP contribution >= 0.6 is 0 Å². The molecule has 15 N–H and O–H groups in total. The second kappa shape index (κ2) is 53.5. The zero-order valence-corrected chi connectivity index (χ0v) is 84.8. The molecule has 0 unspecified atom stereocenters. The zero-order chi connectivity index (χ0) is 106. The molecule has 3 aromatic carbocycles. The van der Waals surface area contributed by atoms with Crippen LogP contribution in [0.2, 0.25) is 0 Å². The van der Waals surface area contributed by atoms with Crippen molar-refractivity contribution >= 4 is 58.7 Å². The first-order chi connectivity index (χ1) is 71.8. The van der Waals surface area contributed by atoms with E-state index in [0.717, 1.165) is 122 Å². The number of aliphatic hydroxyl groups excluding tert-OH is 1. The third kappa shape index (κ3) is 31.3. The lowest BCUT2D eigenvalue weighted by molar-refractivity contribution is -0.144. The van der Waals surface area contributed by atoms with Crippen molar-refractivity contribution in [2.45, 2.75) is 202 Å². The van der Waals surface area contributed by atoms with Gasteiger partial charge in [-0.05, 0) is 176 Å². The van der Waals surface area contributed by atoms with Crippen LogP contribution in [0.5, 0.6) is 5.75 Å². The van der Waals surface area contributed by atoms with Crippen LogP contribution in [0.15, 0.2) is 183 Å². The lowest BCUT2D eigenvalue weighted by Gasteiger charge is -2.22. The van der Waals surface area contributed by atoms with Gasteiger partial charge in [0.05, 0.1) is 42.0 Å². The molecular formula is C105H126N30O14. The highest BCUT2D eigenvalue weighted by molar-refractivity contribution is 5.96. The molecule has 17 rings (SSSR count). The number of ether oxygens (including phenoxy) is 2. The van der Waals surface area contributed by atoms with Crippen molar-refractivity contribution in [3.8, 4) is 50.3 Å². The van der Waals surface area contributed by atoms with Crippen LogP contribution in [0.1, 0.15) is 231 Å². The number of tetrazole rings is 5. The van der Waals surface area contributed by atoms with Gasteiger partial charge in [-0.1, -0.05) is 186 Å². The second-order valence-electron chi connectivity index (χ2n) is 38.8. The van der Waals surface area contributed by atoms with Gasteiger partial charge in [0.15, 0.2) is 35.7 Å².